The van der Waals surface area contributed by atoms with Crippen LogP contribution in [0.1, 0.15) is 24.3 Å². The van der Waals surface area contributed by atoms with Crippen molar-refractivity contribution in [3.63, 3.8) is 0 Å². The molecule has 2 aliphatic heterocycles. The number of carbonyl (C=O) groups is 2. The molecule has 0 unspecified atom stereocenters. The van der Waals surface area contributed by atoms with Gasteiger partial charge in [0.25, 0.3) is 0 Å². The molecule has 0 bridgehead atoms. The molecule has 28 heavy (non-hydrogen) atoms. The lowest BCUT2D eigenvalue weighted by atomic mass is 9.95. The number of amides is 2. The van der Waals surface area contributed by atoms with E-state index in [1.165, 1.54) is 10.4 Å². The lowest BCUT2D eigenvalue weighted by Crippen LogP contribution is -2.51. The zero-order chi connectivity index (χ0) is 20.5. The van der Waals surface area contributed by atoms with E-state index in [2.05, 4.69) is 11.7 Å². The van der Waals surface area contributed by atoms with E-state index in [0.29, 0.717) is 51.3 Å². The molecule has 0 aromatic carbocycles. The summed E-state index contributed by atoms with van der Waals surface area (Å²) in [6.45, 7) is 9.24. The Hall–Kier alpha value is -2.20. The molecule has 0 radical (unpaired) electrons. The molecule has 3 rings (SSSR count). The van der Waals surface area contributed by atoms with E-state index in [0.717, 1.165) is 0 Å². The summed E-state index contributed by atoms with van der Waals surface area (Å²) in [5.41, 5.74) is 0.346. The van der Waals surface area contributed by atoms with Crippen molar-refractivity contribution in [3.8, 4) is 0 Å². The van der Waals surface area contributed by atoms with Gasteiger partial charge >= 0.3 is 0 Å². The van der Waals surface area contributed by atoms with Crippen LogP contribution in [-0.4, -0.2) is 78.8 Å². The maximum atomic E-state index is 13.0. The third kappa shape index (κ3) is 3.97. The Morgan fingerprint density at radius 2 is 1.89 bits per heavy atom. The van der Waals surface area contributed by atoms with Crippen LogP contribution in [0, 0.1) is 19.8 Å². The van der Waals surface area contributed by atoms with Gasteiger partial charge in [-0.15, -0.1) is 0 Å². The lowest BCUT2D eigenvalue weighted by Gasteiger charge is -2.39. The van der Waals surface area contributed by atoms with E-state index in [4.69, 9.17) is 4.52 Å². The summed E-state index contributed by atoms with van der Waals surface area (Å²) in [4.78, 5) is 27.6. The average Bonchev–Trinajstić information content (AvgIpc) is 2.83. The molecule has 3 heterocycles. The number of hydrogen-bond donors (Lipinski definition) is 0. The Balaban J connectivity index is 1.57. The van der Waals surface area contributed by atoms with Crippen LogP contribution in [-0.2, 0) is 19.6 Å². The van der Waals surface area contributed by atoms with Gasteiger partial charge in [-0.25, -0.2) is 8.42 Å². The van der Waals surface area contributed by atoms with Crippen molar-refractivity contribution < 1.29 is 22.5 Å². The van der Waals surface area contributed by atoms with Crippen molar-refractivity contribution in [3.05, 3.63) is 24.1 Å². The van der Waals surface area contributed by atoms with Crippen LogP contribution in [0.4, 0.5) is 0 Å². The molecule has 2 fully saturated rings. The van der Waals surface area contributed by atoms with Gasteiger partial charge in [0.1, 0.15) is 10.6 Å². The van der Waals surface area contributed by atoms with Crippen LogP contribution in [0.15, 0.2) is 22.1 Å². The summed E-state index contributed by atoms with van der Waals surface area (Å²) in [5, 5.41) is 3.74. The first kappa shape index (κ1) is 20.5. The Bertz CT molecular complexity index is 853. The predicted octanol–water partition coefficient (Wildman–Crippen LogP) is 0.549. The van der Waals surface area contributed by atoms with E-state index < -0.39 is 10.0 Å². The molecular formula is C18H26N4O5S. The van der Waals surface area contributed by atoms with Gasteiger partial charge < -0.3 is 14.3 Å². The second kappa shape index (κ2) is 8.04. The largest absolute Gasteiger partial charge is 0.360 e. The molecule has 0 spiro atoms. The van der Waals surface area contributed by atoms with E-state index in [1.807, 2.05) is 0 Å². The highest BCUT2D eigenvalue weighted by Crippen LogP contribution is 2.25. The molecule has 0 saturated carbocycles. The molecule has 1 aromatic heterocycles. The predicted molar refractivity (Wildman–Crippen MR) is 101 cm³/mol. The van der Waals surface area contributed by atoms with Gasteiger partial charge in [0.2, 0.25) is 21.8 Å². The SMILES string of the molecule is C=CC(=O)N1CC(CC(=O)N2CCCN(S(=O)(=O)c3c(C)noc3C)CC2)C1. The van der Waals surface area contributed by atoms with Gasteiger partial charge in [-0.3, -0.25) is 9.59 Å². The Labute approximate surface area is 165 Å². The van der Waals surface area contributed by atoms with Crippen LogP contribution in [0.25, 0.3) is 0 Å². The highest BCUT2D eigenvalue weighted by atomic mass is 32.2. The molecule has 0 N–H and O–H groups in total. The van der Waals surface area contributed by atoms with Gasteiger partial charge in [-0.05, 0) is 26.3 Å². The normalized spacial score (nSPS) is 19.2. The number of aromatic nitrogens is 1. The number of carbonyl (C=O) groups excluding carboxylic acids is 2. The minimum absolute atomic E-state index is 0.00675. The van der Waals surface area contributed by atoms with Crippen molar-refractivity contribution in [1.29, 1.82) is 0 Å². The first-order valence-corrected chi connectivity index (χ1v) is 10.8. The van der Waals surface area contributed by atoms with Gasteiger partial charge in [0, 0.05) is 51.6 Å². The van der Waals surface area contributed by atoms with E-state index in [9.17, 15) is 18.0 Å². The summed E-state index contributed by atoms with van der Waals surface area (Å²) in [7, 11) is -3.70. The summed E-state index contributed by atoms with van der Waals surface area (Å²) in [6.07, 6.45) is 2.22. The van der Waals surface area contributed by atoms with Crippen LogP contribution >= 0.6 is 0 Å². The summed E-state index contributed by atoms with van der Waals surface area (Å²) < 4.78 is 32.3. The molecule has 154 valence electrons. The standard InChI is InChI=1S/C18H26N4O5S/c1-4-16(23)21-11-15(12-21)10-17(24)20-6-5-7-22(9-8-20)28(25,26)18-13(2)19-27-14(18)3/h4,15H,1,5-12H2,2-3H3. The molecule has 2 amide bonds. The molecule has 0 aliphatic carbocycles. The molecule has 9 nitrogen and oxygen atoms in total. The summed E-state index contributed by atoms with van der Waals surface area (Å²) in [5.74, 6) is 0.325. The average molecular weight is 410 g/mol. The molecule has 2 saturated heterocycles. The summed E-state index contributed by atoms with van der Waals surface area (Å²) >= 11 is 0. The third-order valence-corrected chi connectivity index (χ3v) is 7.42. The van der Waals surface area contributed by atoms with Crippen LogP contribution < -0.4 is 0 Å². The highest BCUT2D eigenvalue weighted by molar-refractivity contribution is 7.89. The number of hydrogen-bond acceptors (Lipinski definition) is 6. The smallest absolute Gasteiger partial charge is 0.248 e. The maximum absolute atomic E-state index is 13.0. The molecule has 0 atom stereocenters. The fraction of sp³-hybridized carbons (Fsp3) is 0.611. The second-order valence-corrected chi connectivity index (χ2v) is 9.18. The zero-order valence-corrected chi connectivity index (χ0v) is 17.1. The van der Waals surface area contributed by atoms with Crippen LogP contribution in [0.5, 0.6) is 0 Å². The number of nitrogens with zero attached hydrogens (tertiary/aromatic N) is 4. The van der Waals surface area contributed by atoms with Crippen molar-refractivity contribution in [1.82, 2.24) is 19.3 Å². The first-order valence-electron chi connectivity index (χ1n) is 9.36. The molecule has 1 aromatic rings. The van der Waals surface area contributed by atoms with Crippen LogP contribution in [0.2, 0.25) is 0 Å². The van der Waals surface area contributed by atoms with Crippen molar-refractivity contribution in [2.45, 2.75) is 31.6 Å². The van der Waals surface area contributed by atoms with E-state index >= 15 is 0 Å². The number of sulfonamides is 1. The minimum atomic E-state index is -3.70. The van der Waals surface area contributed by atoms with Crippen LogP contribution in [0.3, 0.4) is 0 Å². The Morgan fingerprint density at radius 1 is 1.18 bits per heavy atom. The van der Waals surface area contributed by atoms with E-state index in [-0.39, 0.29) is 34.9 Å². The van der Waals surface area contributed by atoms with Gasteiger partial charge in [0.15, 0.2) is 5.76 Å². The zero-order valence-electron chi connectivity index (χ0n) is 16.3. The van der Waals surface area contributed by atoms with E-state index in [1.54, 1.807) is 23.6 Å². The van der Waals surface area contributed by atoms with Gasteiger partial charge in [-0.1, -0.05) is 11.7 Å². The van der Waals surface area contributed by atoms with Crippen molar-refractivity contribution >= 4 is 21.8 Å². The van der Waals surface area contributed by atoms with Crippen molar-refractivity contribution in [2.24, 2.45) is 5.92 Å². The number of aryl methyl sites for hydroxylation is 2. The topological polar surface area (TPSA) is 104 Å². The fourth-order valence-corrected chi connectivity index (χ4v) is 5.50. The quantitative estimate of drug-likeness (QED) is 0.657. The monoisotopic (exact) mass is 410 g/mol. The summed E-state index contributed by atoms with van der Waals surface area (Å²) in [6, 6.07) is 0. The van der Waals surface area contributed by atoms with Gasteiger partial charge in [-0.2, -0.15) is 4.31 Å². The second-order valence-electron chi connectivity index (χ2n) is 7.31. The highest BCUT2D eigenvalue weighted by Gasteiger charge is 2.35. The van der Waals surface area contributed by atoms with Gasteiger partial charge in [0.05, 0.1) is 0 Å². The maximum Gasteiger partial charge on any atom is 0.248 e. The Kier molecular flexibility index (Phi) is 5.90. The lowest BCUT2D eigenvalue weighted by molar-refractivity contribution is -0.138. The number of likely N-dealkylation sites (tertiary alicyclic amines) is 1. The third-order valence-electron chi connectivity index (χ3n) is 5.28. The first-order chi connectivity index (χ1) is 13.2. The Morgan fingerprint density at radius 3 is 2.50 bits per heavy atom. The van der Waals surface area contributed by atoms with Crippen molar-refractivity contribution in [2.75, 3.05) is 39.3 Å². The molecule has 10 heteroatoms. The fourth-order valence-electron chi connectivity index (χ4n) is 3.74. The number of rotatable bonds is 5. The molecule has 2 aliphatic rings. The molecular weight excluding hydrogens is 384 g/mol. The minimum Gasteiger partial charge on any atom is -0.360 e.